The van der Waals surface area contributed by atoms with Crippen LogP contribution in [0.2, 0.25) is 5.02 Å². The fourth-order valence-corrected chi connectivity index (χ4v) is 3.04. The predicted molar refractivity (Wildman–Crippen MR) is 106 cm³/mol. The standard InChI is InChI=1S/C21H24ClNO5/c1-25-19-4-2-3-5-20(19)28-15-18-14-23(11-13-27-18)21(24)10-12-26-17-8-6-16(22)7-9-17/h2-9,18H,10-15H2,1H3. The monoisotopic (exact) mass is 405 g/mol. The van der Waals surface area contributed by atoms with Crippen molar-refractivity contribution in [1.82, 2.24) is 4.90 Å². The van der Waals surface area contributed by atoms with E-state index in [0.29, 0.717) is 61.6 Å². The predicted octanol–water partition coefficient (Wildman–Crippen LogP) is 3.42. The second kappa shape index (κ2) is 10.2. The van der Waals surface area contributed by atoms with Gasteiger partial charge in [0.2, 0.25) is 5.91 Å². The maximum atomic E-state index is 12.5. The van der Waals surface area contributed by atoms with Crippen molar-refractivity contribution >= 4 is 17.5 Å². The molecule has 1 fully saturated rings. The van der Waals surface area contributed by atoms with Gasteiger partial charge in [0, 0.05) is 11.6 Å². The zero-order valence-corrected chi connectivity index (χ0v) is 16.6. The van der Waals surface area contributed by atoms with Crippen LogP contribution < -0.4 is 14.2 Å². The molecule has 1 amide bonds. The molecular formula is C21H24ClNO5. The first-order chi connectivity index (χ1) is 13.7. The Kier molecular flexibility index (Phi) is 7.39. The van der Waals surface area contributed by atoms with Crippen LogP contribution in [0.15, 0.2) is 48.5 Å². The van der Waals surface area contributed by atoms with Gasteiger partial charge in [-0.15, -0.1) is 0 Å². The van der Waals surface area contributed by atoms with E-state index < -0.39 is 0 Å². The fourth-order valence-electron chi connectivity index (χ4n) is 2.91. The highest BCUT2D eigenvalue weighted by atomic mass is 35.5. The maximum Gasteiger partial charge on any atom is 0.226 e. The van der Waals surface area contributed by atoms with Gasteiger partial charge in [-0.25, -0.2) is 0 Å². The number of rotatable bonds is 8. The van der Waals surface area contributed by atoms with Crippen LogP contribution in [0.4, 0.5) is 0 Å². The van der Waals surface area contributed by atoms with Gasteiger partial charge in [0.25, 0.3) is 0 Å². The van der Waals surface area contributed by atoms with Gasteiger partial charge in [-0.2, -0.15) is 0 Å². The van der Waals surface area contributed by atoms with E-state index in [1.807, 2.05) is 24.3 Å². The van der Waals surface area contributed by atoms with E-state index in [1.165, 1.54) is 0 Å². The Morgan fingerprint density at radius 3 is 2.64 bits per heavy atom. The number of hydrogen-bond acceptors (Lipinski definition) is 5. The summed E-state index contributed by atoms with van der Waals surface area (Å²) in [5.74, 6) is 2.07. The summed E-state index contributed by atoms with van der Waals surface area (Å²) in [5.41, 5.74) is 0. The molecular weight excluding hydrogens is 382 g/mol. The lowest BCUT2D eigenvalue weighted by molar-refractivity contribution is -0.140. The zero-order chi connectivity index (χ0) is 19.8. The third kappa shape index (κ3) is 5.78. The molecule has 28 heavy (non-hydrogen) atoms. The molecule has 1 saturated heterocycles. The normalized spacial score (nSPS) is 16.5. The number of morpholine rings is 1. The van der Waals surface area contributed by atoms with Crippen molar-refractivity contribution in [3.05, 3.63) is 53.6 Å². The largest absolute Gasteiger partial charge is 0.493 e. The second-order valence-corrected chi connectivity index (χ2v) is 6.78. The first-order valence-corrected chi connectivity index (χ1v) is 9.57. The average Bonchev–Trinajstić information content (AvgIpc) is 2.74. The molecule has 1 aliphatic heterocycles. The lowest BCUT2D eigenvalue weighted by atomic mass is 10.2. The average molecular weight is 406 g/mol. The van der Waals surface area contributed by atoms with Crippen molar-refractivity contribution in [2.75, 3.05) is 40.0 Å². The van der Waals surface area contributed by atoms with Crippen molar-refractivity contribution in [2.45, 2.75) is 12.5 Å². The van der Waals surface area contributed by atoms with Crippen LogP contribution in [-0.4, -0.2) is 56.9 Å². The summed E-state index contributed by atoms with van der Waals surface area (Å²) in [5, 5.41) is 0.651. The van der Waals surface area contributed by atoms with E-state index in [9.17, 15) is 4.79 Å². The molecule has 2 aromatic rings. The molecule has 2 aromatic carbocycles. The quantitative estimate of drug-likeness (QED) is 0.673. The molecule has 3 rings (SSSR count). The van der Waals surface area contributed by atoms with E-state index in [1.54, 1.807) is 36.3 Å². The molecule has 0 bridgehead atoms. The van der Waals surface area contributed by atoms with Gasteiger partial charge in [-0.05, 0) is 36.4 Å². The Morgan fingerprint density at radius 1 is 1.14 bits per heavy atom. The summed E-state index contributed by atoms with van der Waals surface area (Å²) in [6.07, 6.45) is 0.128. The lowest BCUT2D eigenvalue weighted by Gasteiger charge is -2.33. The van der Waals surface area contributed by atoms with Gasteiger partial charge >= 0.3 is 0 Å². The number of carbonyl (C=O) groups is 1. The number of nitrogens with zero attached hydrogens (tertiary/aromatic N) is 1. The Labute approximate surface area is 169 Å². The van der Waals surface area contributed by atoms with E-state index in [4.69, 9.17) is 30.5 Å². The molecule has 1 aliphatic rings. The summed E-state index contributed by atoms with van der Waals surface area (Å²) in [7, 11) is 1.60. The molecule has 0 aliphatic carbocycles. The Hall–Kier alpha value is -2.44. The lowest BCUT2D eigenvalue weighted by Crippen LogP contribution is -2.47. The third-order valence-electron chi connectivity index (χ3n) is 4.38. The number of halogens is 1. The van der Waals surface area contributed by atoms with Crippen molar-refractivity contribution in [1.29, 1.82) is 0 Å². The highest BCUT2D eigenvalue weighted by Gasteiger charge is 2.25. The first-order valence-electron chi connectivity index (χ1n) is 9.19. The fraction of sp³-hybridized carbons (Fsp3) is 0.381. The van der Waals surface area contributed by atoms with Crippen molar-refractivity contribution in [3.8, 4) is 17.2 Å². The van der Waals surface area contributed by atoms with Crippen LogP contribution in [0.3, 0.4) is 0 Å². The molecule has 1 heterocycles. The first kappa shape index (κ1) is 20.3. The minimum Gasteiger partial charge on any atom is -0.493 e. The zero-order valence-electron chi connectivity index (χ0n) is 15.8. The van der Waals surface area contributed by atoms with Crippen LogP contribution in [-0.2, 0) is 9.53 Å². The topological polar surface area (TPSA) is 57.2 Å². The molecule has 0 saturated carbocycles. The van der Waals surface area contributed by atoms with Crippen LogP contribution in [0.25, 0.3) is 0 Å². The van der Waals surface area contributed by atoms with Crippen LogP contribution in [0, 0.1) is 0 Å². The Morgan fingerprint density at radius 2 is 1.89 bits per heavy atom. The van der Waals surface area contributed by atoms with Gasteiger partial charge in [0.1, 0.15) is 18.5 Å². The van der Waals surface area contributed by atoms with Gasteiger partial charge in [0.15, 0.2) is 11.5 Å². The van der Waals surface area contributed by atoms with Gasteiger partial charge in [-0.3, -0.25) is 4.79 Å². The smallest absolute Gasteiger partial charge is 0.226 e. The second-order valence-electron chi connectivity index (χ2n) is 6.35. The highest BCUT2D eigenvalue weighted by Crippen LogP contribution is 2.26. The SMILES string of the molecule is COc1ccccc1OCC1CN(C(=O)CCOc2ccc(Cl)cc2)CCO1. The van der Waals surface area contributed by atoms with Crippen molar-refractivity contribution in [3.63, 3.8) is 0 Å². The molecule has 1 atom stereocenters. The Balaban J connectivity index is 1.43. The van der Waals surface area contributed by atoms with Crippen LogP contribution in [0.5, 0.6) is 17.2 Å². The molecule has 150 valence electrons. The number of methoxy groups -OCH3 is 1. The van der Waals surface area contributed by atoms with E-state index >= 15 is 0 Å². The van der Waals surface area contributed by atoms with Gasteiger partial charge < -0.3 is 23.8 Å². The molecule has 0 N–H and O–H groups in total. The van der Waals surface area contributed by atoms with Crippen molar-refractivity contribution < 1.29 is 23.7 Å². The minimum atomic E-state index is -0.181. The van der Waals surface area contributed by atoms with E-state index in [2.05, 4.69) is 0 Å². The third-order valence-corrected chi connectivity index (χ3v) is 4.64. The van der Waals surface area contributed by atoms with Gasteiger partial charge in [0.05, 0.1) is 33.3 Å². The van der Waals surface area contributed by atoms with E-state index in [0.717, 1.165) is 0 Å². The molecule has 0 spiro atoms. The number of carbonyl (C=O) groups excluding carboxylic acids is 1. The highest BCUT2D eigenvalue weighted by molar-refractivity contribution is 6.30. The summed E-state index contributed by atoms with van der Waals surface area (Å²) < 4.78 is 22.4. The molecule has 1 unspecified atom stereocenters. The van der Waals surface area contributed by atoms with E-state index in [-0.39, 0.29) is 12.0 Å². The van der Waals surface area contributed by atoms with Gasteiger partial charge in [-0.1, -0.05) is 23.7 Å². The molecule has 0 aromatic heterocycles. The number of hydrogen-bond donors (Lipinski definition) is 0. The minimum absolute atomic E-state index is 0.0413. The molecule has 6 nitrogen and oxygen atoms in total. The number of amides is 1. The van der Waals surface area contributed by atoms with Crippen molar-refractivity contribution in [2.24, 2.45) is 0 Å². The number of ether oxygens (including phenoxy) is 4. The number of para-hydroxylation sites is 2. The molecule has 0 radical (unpaired) electrons. The summed E-state index contributed by atoms with van der Waals surface area (Å²) in [6.45, 7) is 2.23. The maximum absolute atomic E-state index is 12.5. The summed E-state index contributed by atoms with van der Waals surface area (Å²) >= 11 is 5.85. The number of benzene rings is 2. The summed E-state index contributed by atoms with van der Waals surface area (Å²) in [6, 6.07) is 14.5. The van der Waals surface area contributed by atoms with Crippen LogP contribution >= 0.6 is 11.6 Å². The Bertz CT molecular complexity index is 768. The van der Waals surface area contributed by atoms with Crippen LogP contribution in [0.1, 0.15) is 6.42 Å². The molecule has 7 heteroatoms. The summed E-state index contributed by atoms with van der Waals surface area (Å²) in [4.78, 5) is 14.3.